The topological polar surface area (TPSA) is 20.3 Å². The number of benzene rings is 1. The van der Waals surface area contributed by atoms with Crippen LogP contribution < -0.4 is 0 Å². The maximum Gasteiger partial charge on any atom is 0.233 e. The Morgan fingerprint density at radius 3 is 2.55 bits per heavy atom. The van der Waals surface area contributed by atoms with Crippen LogP contribution in [-0.4, -0.2) is 34.5 Å². The third-order valence-corrected chi connectivity index (χ3v) is 5.12. The molecule has 0 bridgehead atoms. The summed E-state index contributed by atoms with van der Waals surface area (Å²) in [6.45, 7) is 0.832. The van der Waals surface area contributed by atoms with Gasteiger partial charge in [-0.1, -0.05) is 53.4 Å². The van der Waals surface area contributed by atoms with Crippen LogP contribution in [0, 0.1) is 0 Å². The molecule has 1 fully saturated rings. The fraction of sp³-hybridized carbons (Fsp3) is 0.562. The molecular formula is C16H22BrNOS. The van der Waals surface area contributed by atoms with Gasteiger partial charge in [-0.25, -0.2) is 0 Å². The fourth-order valence-electron chi connectivity index (χ4n) is 2.74. The van der Waals surface area contributed by atoms with E-state index in [2.05, 4.69) is 33.0 Å². The highest BCUT2D eigenvalue weighted by molar-refractivity contribution is 9.09. The molecular weight excluding hydrogens is 334 g/mol. The minimum Gasteiger partial charge on any atom is -0.338 e. The van der Waals surface area contributed by atoms with E-state index in [0.29, 0.717) is 11.8 Å². The van der Waals surface area contributed by atoms with Crippen LogP contribution >= 0.6 is 27.7 Å². The van der Waals surface area contributed by atoms with Gasteiger partial charge >= 0.3 is 0 Å². The Morgan fingerprint density at radius 1 is 1.20 bits per heavy atom. The molecule has 2 rings (SSSR count). The molecule has 1 aromatic carbocycles. The molecule has 4 heteroatoms. The summed E-state index contributed by atoms with van der Waals surface area (Å²) < 4.78 is 0. The fourth-order valence-corrected chi connectivity index (χ4v) is 3.93. The van der Waals surface area contributed by atoms with Crippen LogP contribution in [0.3, 0.4) is 0 Å². The summed E-state index contributed by atoms with van der Waals surface area (Å²) in [6.07, 6.45) is 6.21. The molecule has 0 atom stereocenters. The number of hydrogen-bond acceptors (Lipinski definition) is 2. The highest BCUT2D eigenvalue weighted by atomic mass is 79.9. The zero-order valence-electron chi connectivity index (χ0n) is 11.8. The van der Waals surface area contributed by atoms with Crippen LogP contribution in [0.4, 0.5) is 0 Å². The lowest BCUT2D eigenvalue weighted by atomic mass is 9.94. The van der Waals surface area contributed by atoms with Gasteiger partial charge in [0.1, 0.15) is 0 Å². The number of amides is 1. The standard InChI is InChI=1S/C16H22BrNOS/c17-11-12-18(14-7-3-1-4-8-14)16(19)13-20-15-9-5-2-6-10-15/h2,5-6,9-10,14H,1,3-4,7-8,11-13H2. The minimum absolute atomic E-state index is 0.283. The second-order valence-corrected chi connectivity index (χ2v) is 7.01. The molecule has 1 amide bonds. The van der Waals surface area contributed by atoms with Gasteiger partial charge in [-0.15, -0.1) is 11.8 Å². The first-order valence-corrected chi connectivity index (χ1v) is 9.45. The average Bonchev–Trinajstić information content (AvgIpc) is 2.52. The number of carbonyl (C=O) groups excluding carboxylic acids is 1. The van der Waals surface area contributed by atoms with Crippen molar-refractivity contribution in [2.24, 2.45) is 0 Å². The third kappa shape index (κ3) is 4.81. The van der Waals surface area contributed by atoms with Crippen molar-refractivity contribution < 1.29 is 4.79 Å². The molecule has 2 nitrogen and oxygen atoms in total. The second kappa shape index (κ2) is 8.73. The van der Waals surface area contributed by atoms with Crippen molar-refractivity contribution >= 4 is 33.6 Å². The van der Waals surface area contributed by atoms with E-state index < -0.39 is 0 Å². The number of hydrogen-bond donors (Lipinski definition) is 0. The molecule has 1 aliphatic rings. The van der Waals surface area contributed by atoms with Crippen LogP contribution in [0.5, 0.6) is 0 Å². The van der Waals surface area contributed by atoms with Crippen LogP contribution in [-0.2, 0) is 4.79 Å². The van der Waals surface area contributed by atoms with Gasteiger partial charge < -0.3 is 4.90 Å². The highest BCUT2D eigenvalue weighted by Crippen LogP contribution is 2.24. The largest absolute Gasteiger partial charge is 0.338 e. The molecule has 0 spiro atoms. The van der Waals surface area contributed by atoms with Gasteiger partial charge in [0.2, 0.25) is 5.91 Å². The molecule has 1 saturated carbocycles. The predicted molar refractivity (Wildman–Crippen MR) is 89.5 cm³/mol. The SMILES string of the molecule is O=C(CSc1ccccc1)N(CCBr)C1CCCCC1. The van der Waals surface area contributed by atoms with E-state index >= 15 is 0 Å². The van der Waals surface area contributed by atoms with Crippen molar-refractivity contribution in [3.05, 3.63) is 30.3 Å². The monoisotopic (exact) mass is 355 g/mol. The summed E-state index contributed by atoms with van der Waals surface area (Å²) in [6, 6.07) is 10.6. The normalized spacial score (nSPS) is 16.1. The number of thioether (sulfide) groups is 1. The highest BCUT2D eigenvalue weighted by Gasteiger charge is 2.24. The Bertz CT molecular complexity index is 406. The molecule has 0 heterocycles. The second-order valence-electron chi connectivity index (χ2n) is 5.17. The Labute approximate surface area is 134 Å². The lowest BCUT2D eigenvalue weighted by Crippen LogP contribution is -2.43. The van der Waals surface area contributed by atoms with Crippen molar-refractivity contribution in [3.63, 3.8) is 0 Å². The van der Waals surface area contributed by atoms with Gasteiger partial charge in [0.05, 0.1) is 5.75 Å². The van der Waals surface area contributed by atoms with Gasteiger partial charge in [0, 0.05) is 22.8 Å². The maximum atomic E-state index is 12.5. The van der Waals surface area contributed by atoms with Gasteiger partial charge in [-0.3, -0.25) is 4.79 Å². The summed E-state index contributed by atoms with van der Waals surface area (Å²) in [4.78, 5) is 15.8. The summed E-state index contributed by atoms with van der Waals surface area (Å²) in [7, 11) is 0. The van der Waals surface area contributed by atoms with Crippen molar-refractivity contribution in [3.8, 4) is 0 Å². The van der Waals surface area contributed by atoms with Gasteiger partial charge in [-0.05, 0) is 25.0 Å². The van der Waals surface area contributed by atoms with E-state index in [-0.39, 0.29) is 5.91 Å². The van der Waals surface area contributed by atoms with E-state index in [4.69, 9.17) is 0 Å². The Morgan fingerprint density at radius 2 is 1.90 bits per heavy atom. The van der Waals surface area contributed by atoms with Crippen molar-refractivity contribution in [1.29, 1.82) is 0 Å². The Hall–Kier alpha value is -0.480. The number of alkyl halides is 1. The first-order valence-electron chi connectivity index (χ1n) is 7.34. The van der Waals surface area contributed by atoms with Crippen molar-refractivity contribution in [2.75, 3.05) is 17.6 Å². The molecule has 110 valence electrons. The zero-order chi connectivity index (χ0) is 14.2. The Kier molecular flexibility index (Phi) is 6.94. The average molecular weight is 356 g/mol. The van der Waals surface area contributed by atoms with Gasteiger partial charge in [-0.2, -0.15) is 0 Å². The molecule has 0 saturated heterocycles. The van der Waals surface area contributed by atoms with Crippen molar-refractivity contribution in [2.45, 2.75) is 43.0 Å². The molecule has 1 aliphatic carbocycles. The summed E-state index contributed by atoms with van der Waals surface area (Å²) >= 11 is 5.12. The van der Waals surface area contributed by atoms with Gasteiger partial charge in [0.25, 0.3) is 0 Å². The molecule has 1 aromatic rings. The van der Waals surface area contributed by atoms with Crippen LogP contribution in [0.2, 0.25) is 0 Å². The lowest BCUT2D eigenvalue weighted by Gasteiger charge is -2.34. The molecule has 0 radical (unpaired) electrons. The summed E-state index contributed by atoms with van der Waals surface area (Å²) in [5.41, 5.74) is 0. The van der Waals surface area contributed by atoms with E-state index in [0.717, 1.165) is 11.9 Å². The number of rotatable bonds is 6. The smallest absolute Gasteiger partial charge is 0.233 e. The van der Waals surface area contributed by atoms with Crippen LogP contribution in [0.15, 0.2) is 35.2 Å². The van der Waals surface area contributed by atoms with Crippen LogP contribution in [0.1, 0.15) is 32.1 Å². The summed E-state index contributed by atoms with van der Waals surface area (Å²) in [5, 5.41) is 0.866. The van der Waals surface area contributed by atoms with E-state index in [1.807, 2.05) is 18.2 Å². The Balaban J connectivity index is 1.89. The molecule has 0 N–H and O–H groups in total. The predicted octanol–water partition coefficient (Wildman–Crippen LogP) is 4.33. The van der Waals surface area contributed by atoms with Crippen molar-refractivity contribution in [1.82, 2.24) is 4.90 Å². The molecule has 20 heavy (non-hydrogen) atoms. The van der Waals surface area contributed by atoms with E-state index in [1.54, 1.807) is 11.8 Å². The lowest BCUT2D eigenvalue weighted by molar-refractivity contribution is -0.130. The molecule has 0 aromatic heterocycles. The summed E-state index contributed by atoms with van der Waals surface area (Å²) in [5.74, 6) is 0.832. The van der Waals surface area contributed by atoms with E-state index in [1.165, 1.54) is 37.0 Å². The van der Waals surface area contributed by atoms with Gasteiger partial charge in [0.15, 0.2) is 0 Å². The van der Waals surface area contributed by atoms with Crippen LogP contribution in [0.25, 0.3) is 0 Å². The number of nitrogens with zero attached hydrogens (tertiary/aromatic N) is 1. The third-order valence-electron chi connectivity index (χ3n) is 3.77. The first-order chi connectivity index (χ1) is 9.81. The van der Waals surface area contributed by atoms with E-state index in [9.17, 15) is 4.79 Å². The number of carbonyl (C=O) groups is 1. The number of halogens is 1. The maximum absolute atomic E-state index is 12.5. The minimum atomic E-state index is 0.283. The quantitative estimate of drug-likeness (QED) is 0.558. The molecule has 0 unspecified atom stereocenters. The zero-order valence-corrected chi connectivity index (χ0v) is 14.2. The first kappa shape index (κ1) is 15.9. The molecule has 0 aliphatic heterocycles.